The van der Waals surface area contributed by atoms with Gasteiger partial charge < -0.3 is 10.6 Å². The largest absolute Gasteiger partial charge is 0.388 e. The van der Waals surface area contributed by atoms with E-state index in [2.05, 4.69) is 26.6 Å². The second kappa shape index (κ2) is 5.87. The van der Waals surface area contributed by atoms with Crippen LogP contribution in [0.15, 0.2) is 40.9 Å². The average Bonchev–Trinajstić information content (AvgIpc) is 2.42. The molecule has 5 nitrogen and oxygen atoms in total. The van der Waals surface area contributed by atoms with E-state index in [0.717, 1.165) is 0 Å². The van der Waals surface area contributed by atoms with Gasteiger partial charge in [0.1, 0.15) is 5.82 Å². The van der Waals surface area contributed by atoms with Crippen molar-refractivity contribution in [2.75, 3.05) is 17.7 Å². The average molecular weight is 340 g/mol. The minimum absolute atomic E-state index is 0.0743. The third-order valence-corrected chi connectivity index (χ3v) is 3.12. The Morgan fingerprint density at radius 2 is 1.90 bits per heavy atom. The predicted molar refractivity (Wildman–Crippen MR) is 80.0 cm³/mol. The molecule has 0 aliphatic heterocycles. The van der Waals surface area contributed by atoms with Crippen molar-refractivity contribution >= 4 is 38.7 Å². The zero-order chi connectivity index (χ0) is 14.7. The second-order valence-electron chi connectivity index (χ2n) is 4.02. The number of nitro benzene ring substituents is 1. The molecule has 0 unspecified atom stereocenters. The van der Waals surface area contributed by atoms with Crippen LogP contribution < -0.4 is 10.6 Å². The van der Waals surface area contributed by atoms with Gasteiger partial charge in [-0.15, -0.1) is 0 Å². The van der Waals surface area contributed by atoms with Crippen molar-refractivity contribution in [1.82, 2.24) is 0 Å². The Labute approximate surface area is 123 Å². The standard InChI is InChI=1S/C13H11BrFN3O2/c1-16-9-5-10(7-11(6-9)18(19)20)17-13-4-8(14)2-3-12(13)15/h2-7,16-17H,1H3. The number of hydrogen-bond acceptors (Lipinski definition) is 4. The first kappa shape index (κ1) is 14.3. The molecule has 0 amide bonds. The maximum Gasteiger partial charge on any atom is 0.273 e. The molecule has 2 N–H and O–H groups in total. The molecule has 2 aromatic carbocycles. The smallest absolute Gasteiger partial charge is 0.273 e. The van der Waals surface area contributed by atoms with Crippen LogP contribution in [0.5, 0.6) is 0 Å². The lowest BCUT2D eigenvalue weighted by Crippen LogP contribution is -1.98. The number of nitrogens with zero attached hydrogens (tertiary/aromatic N) is 1. The van der Waals surface area contributed by atoms with E-state index < -0.39 is 10.7 Å². The van der Waals surface area contributed by atoms with Crippen molar-refractivity contribution < 1.29 is 9.31 Å². The lowest BCUT2D eigenvalue weighted by Gasteiger charge is -2.10. The number of benzene rings is 2. The Hall–Kier alpha value is -2.15. The summed E-state index contributed by atoms with van der Waals surface area (Å²) in [7, 11) is 1.66. The van der Waals surface area contributed by atoms with Crippen molar-refractivity contribution in [2.24, 2.45) is 0 Å². The molecule has 0 aliphatic carbocycles. The molecular weight excluding hydrogens is 329 g/mol. The summed E-state index contributed by atoms with van der Waals surface area (Å²) in [6.07, 6.45) is 0. The summed E-state index contributed by atoms with van der Waals surface area (Å²) in [5, 5.41) is 16.5. The molecule has 2 aromatic rings. The predicted octanol–water partition coefficient (Wildman–Crippen LogP) is 4.28. The van der Waals surface area contributed by atoms with Gasteiger partial charge in [0.05, 0.1) is 10.6 Å². The van der Waals surface area contributed by atoms with Gasteiger partial charge in [-0.3, -0.25) is 10.1 Å². The molecule has 0 aromatic heterocycles. The van der Waals surface area contributed by atoms with E-state index in [1.54, 1.807) is 25.2 Å². The summed E-state index contributed by atoms with van der Waals surface area (Å²) in [5.74, 6) is -0.439. The number of rotatable bonds is 4. The van der Waals surface area contributed by atoms with E-state index in [4.69, 9.17) is 0 Å². The maximum absolute atomic E-state index is 13.7. The van der Waals surface area contributed by atoms with E-state index >= 15 is 0 Å². The number of non-ortho nitro benzene ring substituents is 1. The molecule has 0 saturated heterocycles. The van der Waals surface area contributed by atoms with Gasteiger partial charge in [-0.25, -0.2) is 4.39 Å². The van der Waals surface area contributed by atoms with Crippen molar-refractivity contribution in [3.8, 4) is 0 Å². The third kappa shape index (κ3) is 3.24. The van der Waals surface area contributed by atoms with Crippen LogP contribution in [0.4, 0.5) is 27.1 Å². The van der Waals surface area contributed by atoms with E-state index in [1.807, 2.05) is 0 Å². The fourth-order valence-corrected chi connectivity index (χ4v) is 2.04. The lowest BCUT2D eigenvalue weighted by molar-refractivity contribution is -0.384. The molecule has 0 saturated carbocycles. The molecule has 104 valence electrons. The summed E-state index contributed by atoms with van der Waals surface area (Å²) < 4.78 is 14.4. The first-order valence-corrected chi connectivity index (χ1v) is 6.48. The van der Waals surface area contributed by atoms with Crippen LogP contribution in [0, 0.1) is 15.9 Å². The Morgan fingerprint density at radius 1 is 1.20 bits per heavy atom. The zero-order valence-corrected chi connectivity index (χ0v) is 12.1. The minimum Gasteiger partial charge on any atom is -0.388 e. The molecule has 0 bridgehead atoms. The minimum atomic E-state index is -0.497. The highest BCUT2D eigenvalue weighted by atomic mass is 79.9. The quantitative estimate of drug-likeness (QED) is 0.644. The van der Waals surface area contributed by atoms with Crippen molar-refractivity contribution in [3.05, 3.63) is 56.8 Å². The molecule has 7 heteroatoms. The molecule has 0 radical (unpaired) electrons. The van der Waals surface area contributed by atoms with Crippen LogP contribution >= 0.6 is 15.9 Å². The summed E-state index contributed by atoms with van der Waals surface area (Å²) in [6.45, 7) is 0. The first-order chi connectivity index (χ1) is 9.49. The van der Waals surface area contributed by atoms with E-state index in [1.165, 1.54) is 18.2 Å². The molecular formula is C13H11BrFN3O2. The van der Waals surface area contributed by atoms with Crippen LogP contribution in [0.25, 0.3) is 0 Å². The van der Waals surface area contributed by atoms with Crippen LogP contribution in [0.1, 0.15) is 0 Å². The Morgan fingerprint density at radius 3 is 2.55 bits per heavy atom. The lowest BCUT2D eigenvalue weighted by atomic mass is 10.2. The van der Waals surface area contributed by atoms with Crippen LogP contribution in [-0.4, -0.2) is 12.0 Å². The molecule has 0 spiro atoms. The van der Waals surface area contributed by atoms with Gasteiger partial charge in [0.15, 0.2) is 0 Å². The highest BCUT2D eigenvalue weighted by Gasteiger charge is 2.11. The van der Waals surface area contributed by atoms with Gasteiger partial charge in [-0.1, -0.05) is 15.9 Å². The van der Waals surface area contributed by atoms with Crippen molar-refractivity contribution in [3.63, 3.8) is 0 Å². The zero-order valence-electron chi connectivity index (χ0n) is 10.5. The topological polar surface area (TPSA) is 67.2 Å². The highest BCUT2D eigenvalue weighted by molar-refractivity contribution is 9.10. The van der Waals surface area contributed by atoms with Gasteiger partial charge in [0.25, 0.3) is 5.69 Å². The summed E-state index contributed by atoms with van der Waals surface area (Å²) in [6, 6.07) is 8.86. The number of nitrogens with one attached hydrogen (secondary N) is 2. The normalized spacial score (nSPS) is 10.2. The summed E-state index contributed by atoms with van der Waals surface area (Å²) >= 11 is 3.25. The number of halogens is 2. The van der Waals surface area contributed by atoms with Crippen LogP contribution in [-0.2, 0) is 0 Å². The molecule has 2 rings (SSSR count). The monoisotopic (exact) mass is 339 g/mol. The van der Waals surface area contributed by atoms with Crippen LogP contribution in [0.2, 0.25) is 0 Å². The van der Waals surface area contributed by atoms with Gasteiger partial charge in [0, 0.05) is 35.0 Å². The molecule has 0 atom stereocenters. The summed E-state index contributed by atoms with van der Waals surface area (Å²) in [5.41, 5.74) is 1.16. The number of hydrogen-bond donors (Lipinski definition) is 2. The van der Waals surface area contributed by atoms with Gasteiger partial charge in [-0.05, 0) is 24.3 Å². The van der Waals surface area contributed by atoms with Crippen molar-refractivity contribution in [2.45, 2.75) is 0 Å². The molecule has 0 aliphatic rings. The molecule has 20 heavy (non-hydrogen) atoms. The molecule has 0 heterocycles. The Bertz CT molecular complexity index is 664. The Balaban J connectivity index is 2.39. The highest BCUT2D eigenvalue weighted by Crippen LogP contribution is 2.28. The number of anilines is 3. The molecule has 0 fully saturated rings. The first-order valence-electron chi connectivity index (χ1n) is 5.69. The van der Waals surface area contributed by atoms with Crippen molar-refractivity contribution in [1.29, 1.82) is 0 Å². The third-order valence-electron chi connectivity index (χ3n) is 2.62. The van der Waals surface area contributed by atoms with Gasteiger partial charge in [-0.2, -0.15) is 0 Å². The fourth-order valence-electron chi connectivity index (χ4n) is 1.68. The maximum atomic E-state index is 13.7. The SMILES string of the molecule is CNc1cc(Nc2cc(Br)ccc2F)cc([N+](=O)[O-])c1. The number of nitro groups is 1. The van der Waals surface area contributed by atoms with E-state index in [9.17, 15) is 14.5 Å². The van der Waals surface area contributed by atoms with E-state index in [0.29, 0.717) is 15.8 Å². The summed E-state index contributed by atoms with van der Waals surface area (Å²) in [4.78, 5) is 10.4. The van der Waals surface area contributed by atoms with Gasteiger partial charge >= 0.3 is 0 Å². The van der Waals surface area contributed by atoms with E-state index in [-0.39, 0.29) is 11.4 Å². The van der Waals surface area contributed by atoms with Gasteiger partial charge in [0.2, 0.25) is 0 Å². The Kier molecular flexibility index (Phi) is 4.19. The second-order valence-corrected chi connectivity index (χ2v) is 4.94. The van der Waals surface area contributed by atoms with Crippen LogP contribution in [0.3, 0.4) is 0 Å². The fraction of sp³-hybridized carbons (Fsp3) is 0.0769.